The minimum Gasteiger partial charge on any atom is -0.480 e. The van der Waals surface area contributed by atoms with Crippen molar-refractivity contribution < 1.29 is 24.6 Å². The van der Waals surface area contributed by atoms with E-state index in [2.05, 4.69) is 24.3 Å². The van der Waals surface area contributed by atoms with Gasteiger partial charge in [-0.2, -0.15) is 0 Å². The van der Waals surface area contributed by atoms with Crippen LogP contribution in [0.4, 0.5) is 0 Å². The first-order valence-electron chi connectivity index (χ1n) is 10.7. The smallest absolute Gasteiger partial charge is 0.331 e. The second kappa shape index (κ2) is 16.5. The number of amides is 1. The van der Waals surface area contributed by atoms with Crippen LogP contribution in [-0.2, 0) is 14.4 Å². The molecule has 0 aliphatic rings. The normalized spacial score (nSPS) is 15.0. The number of allylic oxidation sites excluding steroid dienone is 5. The van der Waals surface area contributed by atoms with Crippen molar-refractivity contribution in [3.63, 3.8) is 0 Å². The third-order valence-electron chi connectivity index (χ3n) is 4.71. The molecule has 30 heavy (non-hydrogen) atoms. The van der Waals surface area contributed by atoms with Crippen molar-refractivity contribution >= 4 is 17.7 Å². The number of hydrogen-bond acceptors (Lipinski definition) is 5. The molecule has 6 N–H and O–H groups in total. The zero-order valence-electron chi connectivity index (χ0n) is 18.1. The van der Waals surface area contributed by atoms with E-state index in [0.29, 0.717) is 6.42 Å². The quantitative estimate of drug-likeness (QED) is 0.152. The Hall–Kier alpha value is -2.25. The van der Waals surface area contributed by atoms with Crippen LogP contribution in [0, 0.1) is 0 Å². The summed E-state index contributed by atoms with van der Waals surface area (Å²) in [4.78, 5) is 34.4. The number of carboxylic acid groups (broad SMARTS) is 1. The maximum Gasteiger partial charge on any atom is 0.331 e. The second-order valence-corrected chi connectivity index (χ2v) is 7.56. The van der Waals surface area contributed by atoms with Crippen molar-refractivity contribution in [2.24, 2.45) is 11.5 Å². The molecular formula is C23H38N2O5. The Morgan fingerprint density at radius 1 is 0.900 bits per heavy atom. The van der Waals surface area contributed by atoms with Gasteiger partial charge in [0, 0.05) is 12.8 Å². The number of carboxylic acids is 1. The molecule has 1 amide bonds. The molecule has 0 aromatic heterocycles. The Labute approximate surface area is 179 Å². The van der Waals surface area contributed by atoms with Gasteiger partial charge in [-0.25, -0.2) is 4.79 Å². The van der Waals surface area contributed by atoms with Crippen molar-refractivity contribution in [3.05, 3.63) is 36.5 Å². The van der Waals surface area contributed by atoms with E-state index in [0.717, 1.165) is 44.9 Å². The summed E-state index contributed by atoms with van der Waals surface area (Å²) < 4.78 is 0. The van der Waals surface area contributed by atoms with Crippen LogP contribution in [-0.4, -0.2) is 39.5 Å². The van der Waals surface area contributed by atoms with Crippen molar-refractivity contribution in [1.82, 2.24) is 0 Å². The van der Waals surface area contributed by atoms with Crippen LogP contribution < -0.4 is 11.5 Å². The van der Waals surface area contributed by atoms with Gasteiger partial charge in [0.15, 0.2) is 11.3 Å². The molecule has 0 rings (SSSR count). The van der Waals surface area contributed by atoms with E-state index < -0.39 is 29.3 Å². The van der Waals surface area contributed by atoms with Crippen LogP contribution >= 0.6 is 0 Å². The van der Waals surface area contributed by atoms with E-state index in [-0.39, 0.29) is 19.3 Å². The number of aliphatic hydroxyl groups is 1. The monoisotopic (exact) mass is 422 g/mol. The molecule has 0 saturated carbocycles. The summed E-state index contributed by atoms with van der Waals surface area (Å²) in [5.74, 6) is -2.63. The standard InChI is InChI=1S/C23H38N2O5/c1-19(26)15-13-11-9-7-5-3-2-4-6-8-10-12-14-16-20(27)23(25,22(29)30)18-17-21(24)28/h2-3,7,9,13,15,19,26H,4-6,8,10-12,14,16-18,25H2,1H3,(H2,24,28)(H,29,30)/b3-2+,9-7+,15-13+/t19?,23-/m1/s1. The van der Waals surface area contributed by atoms with Gasteiger partial charge in [-0.3, -0.25) is 9.59 Å². The number of primary amides is 1. The molecule has 0 aliphatic carbocycles. The third kappa shape index (κ3) is 13.8. The molecule has 0 spiro atoms. The molecule has 170 valence electrons. The number of carbonyl (C=O) groups excluding carboxylic acids is 2. The van der Waals surface area contributed by atoms with Crippen LogP contribution in [0.2, 0.25) is 0 Å². The lowest BCUT2D eigenvalue weighted by Crippen LogP contribution is -2.55. The average Bonchev–Trinajstić information content (AvgIpc) is 2.68. The van der Waals surface area contributed by atoms with Crippen molar-refractivity contribution in [3.8, 4) is 0 Å². The molecule has 0 heterocycles. The third-order valence-corrected chi connectivity index (χ3v) is 4.71. The van der Waals surface area contributed by atoms with Gasteiger partial charge in [0.1, 0.15) is 0 Å². The highest BCUT2D eigenvalue weighted by atomic mass is 16.4. The number of ketones is 1. The van der Waals surface area contributed by atoms with Gasteiger partial charge >= 0.3 is 5.97 Å². The first kappa shape index (κ1) is 27.8. The molecule has 1 unspecified atom stereocenters. The van der Waals surface area contributed by atoms with Gasteiger partial charge in [-0.05, 0) is 45.4 Å². The lowest BCUT2D eigenvalue weighted by atomic mass is 9.87. The highest BCUT2D eigenvalue weighted by Crippen LogP contribution is 2.17. The van der Waals surface area contributed by atoms with E-state index in [1.54, 1.807) is 13.0 Å². The van der Waals surface area contributed by atoms with Crippen LogP contribution in [0.3, 0.4) is 0 Å². The summed E-state index contributed by atoms with van der Waals surface area (Å²) in [5, 5.41) is 18.3. The highest BCUT2D eigenvalue weighted by Gasteiger charge is 2.41. The van der Waals surface area contributed by atoms with Gasteiger partial charge < -0.3 is 21.7 Å². The Balaban J connectivity index is 3.83. The first-order valence-corrected chi connectivity index (χ1v) is 10.7. The summed E-state index contributed by atoms with van der Waals surface area (Å²) in [6.45, 7) is 1.72. The van der Waals surface area contributed by atoms with Crippen molar-refractivity contribution in [1.29, 1.82) is 0 Å². The molecule has 0 aromatic carbocycles. The number of aliphatic hydroxyl groups excluding tert-OH is 1. The number of unbranched alkanes of at least 4 members (excludes halogenated alkanes) is 5. The predicted octanol–water partition coefficient (Wildman–Crippen LogP) is 3.16. The van der Waals surface area contributed by atoms with Crippen LogP contribution in [0.1, 0.15) is 77.6 Å². The van der Waals surface area contributed by atoms with Crippen LogP contribution in [0.15, 0.2) is 36.5 Å². The maximum atomic E-state index is 12.2. The number of hydrogen-bond donors (Lipinski definition) is 4. The number of nitrogens with two attached hydrogens (primary N) is 2. The molecular weight excluding hydrogens is 384 g/mol. The van der Waals surface area contributed by atoms with E-state index >= 15 is 0 Å². The Morgan fingerprint density at radius 3 is 2.07 bits per heavy atom. The molecule has 0 bridgehead atoms. The molecule has 0 fully saturated rings. The summed E-state index contributed by atoms with van der Waals surface area (Å²) in [7, 11) is 0. The lowest BCUT2D eigenvalue weighted by molar-refractivity contribution is -0.148. The zero-order valence-corrected chi connectivity index (χ0v) is 18.1. The molecule has 7 heteroatoms. The first-order chi connectivity index (χ1) is 14.2. The number of carbonyl (C=O) groups is 3. The number of aliphatic carboxylic acids is 1. The van der Waals surface area contributed by atoms with E-state index in [1.165, 1.54) is 0 Å². The van der Waals surface area contributed by atoms with E-state index in [1.807, 2.05) is 6.08 Å². The average molecular weight is 423 g/mol. The summed E-state index contributed by atoms with van der Waals surface area (Å²) in [5.41, 5.74) is 8.71. The summed E-state index contributed by atoms with van der Waals surface area (Å²) >= 11 is 0. The highest BCUT2D eigenvalue weighted by molar-refractivity contribution is 6.07. The minimum atomic E-state index is -2.03. The largest absolute Gasteiger partial charge is 0.480 e. The maximum absolute atomic E-state index is 12.2. The van der Waals surface area contributed by atoms with Gasteiger partial charge in [0.05, 0.1) is 6.10 Å². The molecule has 0 radical (unpaired) electrons. The van der Waals surface area contributed by atoms with Gasteiger partial charge in [-0.15, -0.1) is 0 Å². The van der Waals surface area contributed by atoms with Gasteiger partial charge in [0.2, 0.25) is 5.91 Å². The fourth-order valence-electron chi connectivity index (χ4n) is 2.83. The lowest BCUT2D eigenvalue weighted by Gasteiger charge is -2.22. The molecule has 2 atom stereocenters. The Kier molecular flexibility index (Phi) is 15.3. The Bertz CT molecular complexity index is 611. The fraction of sp³-hybridized carbons (Fsp3) is 0.609. The van der Waals surface area contributed by atoms with E-state index in [9.17, 15) is 19.5 Å². The topological polar surface area (TPSA) is 144 Å². The molecule has 0 aromatic rings. The van der Waals surface area contributed by atoms with Crippen molar-refractivity contribution in [2.45, 2.75) is 89.2 Å². The van der Waals surface area contributed by atoms with Gasteiger partial charge in [-0.1, -0.05) is 55.7 Å². The predicted molar refractivity (Wildman–Crippen MR) is 119 cm³/mol. The fourth-order valence-corrected chi connectivity index (χ4v) is 2.83. The van der Waals surface area contributed by atoms with Gasteiger partial charge in [0.25, 0.3) is 0 Å². The van der Waals surface area contributed by atoms with E-state index in [4.69, 9.17) is 16.6 Å². The molecule has 7 nitrogen and oxygen atoms in total. The molecule has 0 saturated heterocycles. The summed E-state index contributed by atoms with van der Waals surface area (Å²) in [6.07, 6.45) is 18.6. The van der Waals surface area contributed by atoms with Crippen LogP contribution in [0.5, 0.6) is 0 Å². The van der Waals surface area contributed by atoms with Crippen LogP contribution in [0.25, 0.3) is 0 Å². The minimum absolute atomic E-state index is 0.0974. The number of rotatable bonds is 18. The summed E-state index contributed by atoms with van der Waals surface area (Å²) in [6, 6.07) is 0. The Morgan fingerprint density at radius 2 is 1.47 bits per heavy atom. The zero-order chi connectivity index (χ0) is 22.8. The SMILES string of the molecule is CC(O)/C=C/C/C=C/C/C=C/CCCCCCCC(=O)[C@](N)(CCC(N)=O)C(=O)O. The second-order valence-electron chi connectivity index (χ2n) is 7.56. The molecule has 0 aliphatic heterocycles. The number of Topliss-reactive ketones (excluding diaryl/α,β-unsaturated/α-hetero) is 1. The van der Waals surface area contributed by atoms with Crippen molar-refractivity contribution in [2.75, 3.05) is 0 Å².